The van der Waals surface area contributed by atoms with Gasteiger partial charge in [0.1, 0.15) is 5.75 Å². The van der Waals surface area contributed by atoms with Crippen LogP contribution in [0.4, 0.5) is 5.69 Å². The summed E-state index contributed by atoms with van der Waals surface area (Å²) >= 11 is 0. The zero-order valence-corrected chi connectivity index (χ0v) is 11.1. The van der Waals surface area contributed by atoms with Crippen LogP contribution in [0.25, 0.3) is 0 Å². The topological polar surface area (TPSA) is 67.5 Å². The molecular weight excluding hydrogens is 228 g/mol. The van der Waals surface area contributed by atoms with Crippen molar-refractivity contribution in [3.63, 3.8) is 0 Å². The molecule has 4 N–H and O–H groups in total. The molecule has 0 atom stereocenters. The van der Waals surface area contributed by atoms with Gasteiger partial charge in [-0.2, -0.15) is 0 Å². The molecule has 0 saturated heterocycles. The van der Waals surface area contributed by atoms with Crippen LogP contribution in [0.2, 0.25) is 0 Å². The van der Waals surface area contributed by atoms with Crippen LogP contribution in [0, 0.1) is 0 Å². The fourth-order valence-corrected chi connectivity index (χ4v) is 1.72. The Labute approximate surface area is 109 Å². The molecule has 0 spiro atoms. The highest BCUT2D eigenvalue weighted by molar-refractivity contribution is 5.54. The number of aliphatic hydroxyl groups excluding tert-OH is 1. The highest BCUT2D eigenvalue weighted by atomic mass is 16.5. The first kappa shape index (κ1) is 14.8. The highest BCUT2D eigenvalue weighted by Crippen LogP contribution is 2.23. The fraction of sp³-hybridized carbons (Fsp3) is 0.571. The van der Waals surface area contributed by atoms with Crippen molar-refractivity contribution >= 4 is 5.69 Å². The second kappa shape index (κ2) is 8.78. The maximum atomic E-state index is 8.63. The lowest BCUT2D eigenvalue weighted by molar-refractivity contribution is 0.292. The number of hydrogen-bond acceptors (Lipinski definition) is 4. The van der Waals surface area contributed by atoms with Crippen molar-refractivity contribution in [3.8, 4) is 5.75 Å². The Morgan fingerprint density at radius 2 is 2.17 bits per heavy atom. The second-order valence-electron chi connectivity index (χ2n) is 4.30. The Kier molecular flexibility index (Phi) is 7.22. The summed E-state index contributed by atoms with van der Waals surface area (Å²) in [7, 11) is 0. The molecule has 4 heteroatoms. The predicted octanol–water partition coefficient (Wildman–Crippen LogP) is 1.57. The Bertz CT molecular complexity index is 343. The first-order valence-electron chi connectivity index (χ1n) is 6.60. The van der Waals surface area contributed by atoms with Crippen LogP contribution in [0.15, 0.2) is 18.2 Å². The largest absolute Gasteiger partial charge is 0.491 e. The molecule has 102 valence electrons. The van der Waals surface area contributed by atoms with Gasteiger partial charge in [-0.1, -0.05) is 13.0 Å². The van der Waals surface area contributed by atoms with Gasteiger partial charge in [-0.05, 0) is 43.5 Å². The van der Waals surface area contributed by atoms with Gasteiger partial charge in [-0.15, -0.1) is 0 Å². The molecule has 0 fully saturated rings. The van der Waals surface area contributed by atoms with E-state index in [0.717, 1.165) is 31.6 Å². The molecule has 18 heavy (non-hydrogen) atoms. The maximum Gasteiger partial charge on any atom is 0.142 e. The second-order valence-corrected chi connectivity index (χ2v) is 4.30. The molecular formula is C14H24N2O2. The lowest BCUT2D eigenvalue weighted by Gasteiger charge is -2.09. The van der Waals surface area contributed by atoms with Crippen molar-refractivity contribution in [2.24, 2.45) is 0 Å². The Morgan fingerprint density at radius 3 is 2.83 bits per heavy atom. The van der Waals surface area contributed by atoms with Crippen LogP contribution in [-0.4, -0.2) is 31.4 Å². The molecule has 0 radical (unpaired) electrons. The van der Waals surface area contributed by atoms with E-state index in [2.05, 4.69) is 18.3 Å². The lowest BCUT2D eigenvalue weighted by atomic mass is 10.1. The SMILES string of the molecule is CCCOc1ccc(CCCNCCO)cc1N. The van der Waals surface area contributed by atoms with E-state index in [-0.39, 0.29) is 6.61 Å². The number of anilines is 1. The van der Waals surface area contributed by atoms with Crippen molar-refractivity contribution < 1.29 is 9.84 Å². The molecule has 1 aromatic carbocycles. The molecule has 0 aliphatic carbocycles. The summed E-state index contributed by atoms with van der Waals surface area (Å²) in [5, 5.41) is 11.8. The zero-order chi connectivity index (χ0) is 13.2. The number of aryl methyl sites for hydroxylation is 1. The minimum Gasteiger partial charge on any atom is -0.491 e. The van der Waals surface area contributed by atoms with Crippen molar-refractivity contribution in [1.29, 1.82) is 0 Å². The van der Waals surface area contributed by atoms with Gasteiger partial charge in [-0.3, -0.25) is 0 Å². The van der Waals surface area contributed by atoms with E-state index in [9.17, 15) is 0 Å². The number of rotatable bonds is 9. The van der Waals surface area contributed by atoms with Gasteiger partial charge in [0.15, 0.2) is 0 Å². The standard InChI is InChI=1S/C14H24N2O2/c1-2-10-18-14-6-5-12(11-13(14)15)4-3-7-16-8-9-17/h5-6,11,16-17H,2-4,7-10,15H2,1H3. The van der Waals surface area contributed by atoms with Gasteiger partial charge in [0, 0.05) is 6.54 Å². The molecule has 0 aliphatic rings. The molecule has 0 unspecified atom stereocenters. The molecule has 0 aliphatic heterocycles. The van der Waals surface area contributed by atoms with Gasteiger partial charge in [0.2, 0.25) is 0 Å². The number of nitrogens with two attached hydrogens (primary N) is 1. The number of ether oxygens (including phenoxy) is 1. The van der Waals surface area contributed by atoms with Crippen molar-refractivity contribution in [1.82, 2.24) is 5.32 Å². The van der Waals surface area contributed by atoms with Gasteiger partial charge >= 0.3 is 0 Å². The summed E-state index contributed by atoms with van der Waals surface area (Å²) in [6, 6.07) is 5.99. The molecule has 4 nitrogen and oxygen atoms in total. The van der Waals surface area contributed by atoms with E-state index in [0.29, 0.717) is 18.8 Å². The number of nitrogen functional groups attached to an aromatic ring is 1. The van der Waals surface area contributed by atoms with E-state index in [4.69, 9.17) is 15.6 Å². The summed E-state index contributed by atoms with van der Waals surface area (Å²) in [6.07, 6.45) is 3.00. The van der Waals surface area contributed by atoms with Crippen molar-refractivity contribution in [2.75, 3.05) is 32.0 Å². The molecule has 0 bridgehead atoms. The average Bonchev–Trinajstić information content (AvgIpc) is 2.37. The number of aliphatic hydroxyl groups is 1. The van der Waals surface area contributed by atoms with Crippen LogP contribution in [0.1, 0.15) is 25.3 Å². The fourth-order valence-electron chi connectivity index (χ4n) is 1.72. The van der Waals surface area contributed by atoms with Crippen LogP contribution in [0.5, 0.6) is 5.75 Å². The van der Waals surface area contributed by atoms with Gasteiger partial charge < -0.3 is 20.9 Å². The maximum absolute atomic E-state index is 8.63. The summed E-state index contributed by atoms with van der Waals surface area (Å²) in [4.78, 5) is 0. The van der Waals surface area contributed by atoms with Gasteiger partial charge in [0.25, 0.3) is 0 Å². The first-order chi connectivity index (χ1) is 8.77. The van der Waals surface area contributed by atoms with Crippen LogP contribution >= 0.6 is 0 Å². The van der Waals surface area contributed by atoms with Crippen molar-refractivity contribution in [3.05, 3.63) is 23.8 Å². The van der Waals surface area contributed by atoms with E-state index in [1.54, 1.807) is 0 Å². The molecule has 1 rings (SSSR count). The highest BCUT2D eigenvalue weighted by Gasteiger charge is 2.01. The Morgan fingerprint density at radius 1 is 1.33 bits per heavy atom. The summed E-state index contributed by atoms with van der Waals surface area (Å²) in [6.45, 7) is 4.54. The molecule has 0 aromatic heterocycles. The number of hydrogen-bond donors (Lipinski definition) is 3. The van der Waals surface area contributed by atoms with E-state index < -0.39 is 0 Å². The molecule has 0 saturated carbocycles. The summed E-state index contributed by atoms with van der Waals surface area (Å²) in [5.74, 6) is 0.777. The zero-order valence-electron chi connectivity index (χ0n) is 11.1. The Balaban J connectivity index is 2.36. The third-order valence-corrected chi connectivity index (χ3v) is 2.64. The normalized spacial score (nSPS) is 10.6. The Hall–Kier alpha value is -1.26. The number of nitrogens with one attached hydrogen (secondary N) is 1. The average molecular weight is 252 g/mol. The predicted molar refractivity (Wildman–Crippen MR) is 74.9 cm³/mol. The van der Waals surface area contributed by atoms with E-state index in [1.165, 1.54) is 5.56 Å². The van der Waals surface area contributed by atoms with Crippen LogP contribution in [-0.2, 0) is 6.42 Å². The van der Waals surface area contributed by atoms with E-state index >= 15 is 0 Å². The minimum absolute atomic E-state index is 0.191. The quantitative estimate of drug-likeness (QED) is 0.461. The van der Waals surface area contributed by atoms with Crippen molar-refractivity contribution in [2.45, 2.75) is 26.2 Å². The monoisotopic (exact) mass is 252 g/mol. The summed E-state index contributed by atoms with van der Waals surface area (Å²) < 4.78 is 5.53. The smallest absolute Gasteiger partial charge is 0.142 e. The molecule has 0 heterocycles. The minimum atomic E-state index is 0.191. The first-order valence-corrected chi connectivity index (χ1v) is 6.60. The van der Waals surface area contributed by atoms with Gasteiger partial charge in [0.05, 0.1) is 18.9 Å². The third kappa shape index (κ3) is 5.38. The van der Waals surface area contributed by atoms with Crippen LogP contribution in [0.3, 0.4) is 0 Å². The number of benzene rings is 1. The summed E-state index contributed by atoms with van der Waals surface area (Å²) in [5.41, 5.74) is 7.88. The third-order valence-electron chi connectivity index (χ3n) is 2.64. The van der Waals surface area contributed by atoms with Gasteiger partial charge in [-0.25, -0.2) is 0 Å². The van der Waals surface area contributed by atoms with E-state index in [1.807, 2.05) is 12.1 Å². The van der Waals surface area contributed by atoms with Crippen LogP contribution < -0.4 is 15.8 Å². The molecule has 0 amide bonds. The lowest BCUT2D eigenvalue weighted by Crippen LogP contribution is -2.19. The molecule has 1 aromatic rings.